The van der Waals surface area contributed by atoms with Crippen molar-refractivity contribution in [3.8, 4) is 17.0 Å². The van der Waals surface area contributed by atoms with Crippen LogP contribution in [0.2, 0.25) is 0 Å². The number of anilines is 1. The molecule has 27 heavy (non-hydrogen) atoms. The highest BCUT2D eigenvalue weighted by atomic mass is 19.4. The monoisotopic (exact) mass is 380 g/mol. The number of nitrogens with one attached hydrogen (secondary N) is 1. The first-order valence-electron chi connectivity index (χ1n) is 8.85. The highest BCUT2D eigenvalue weighted by molar-refractivity contribution is 5.70. The lowest BCUT2D eigenvalue weighted by Gasteiger charge is -2.30. The molecule has 1 atom stereocenters. The quantitative estimate of drug-likeness (QED) is 0.843. The molecule has 1 aliphatic heterocycles. The molecule has 1 aromatic carbocycles. The molecule has 1 saturated heterocycles. The van der Waals surface area contributed by atoms with Gasteiger partial charge in [0, 0.05) is 18.2 Å². The first kappa shape index (κ1) is 19.4. The van der Waals surface area contributed by atoms with Crippen LogP contribution in [0.4, 0.5) is 19.0 Å². The minimum Gasteiger partial charge on any atom is -0.507 e. The van der Waals surface area contributed by atoms with Crippen molar-refractivity contribution >= 4 is 5.82 Å². The summed E-state index contributed by atoms with van der Waals surface area (Å²) < 4.78 is 38.9. The zero-order valence-electron chi connectivity index (χ0n) is 15.6. The number of rotatable bonds is 3. The Morgan fingerprint density at radius 1 is 1.15 bits per heavy atom. The number of phenolic OH excluding ortho intramolecular Hbond substituents is 1. The van der Waals surface area contributed by atoms with E-state index in [4.69, 9.17) is 0 Å². The molecule has 5 nitrogen and oxygen atoms in total. The molecule has 1 aliphatic rings. The number of benzene rings is 1. The summed E-state index contributed by atoms with van der Waals surface area (Å²) in [6.45, 7) is 5.22. The molecule has 2 aromatic rings. The molecule has 2 heterocycles. The van der Waals surface area contributed by atoms with E-state index in [0.29, 0.717) is 11.5 Å². The minimum atomic E-state index is -4.51. The molecule has 2 N–H and O–H groups in total. The third-order valence-corrected chi connectivity index (χ3v) is 4.87. The Kier molecular flexibility index (Phi) is 5.28. The third kappa shape index (κ3) is 4.32. The first-order valence-corrected chi connectivity index (χ1v) is 8.85. The van der Waals surface area contributed by atoms with Gasteiger partial charge in [0.25, 0.3) is 0 Å². The number of hydrogen-bond donors (Lipinski definition) is 2. The second-order valence-corrected chi connectivity index (χ2v) is 7.19. The Morgan fingerprint density at radius 2 is 1.89 bits per heavy atom. The van der Waals surface area contributed by atoms with Crippen LogP contribution in [0.3, 0.4) is 0 Å². The van der Waals surface area contributed by atoms with Gasteiger partial charge in [-0.2, -0.15) is 13.2 Å². The van der Waals surface area contributed by atoms with Crippen molar-refractivity contribution < 1.29 is 18.3 Å². The zero-order chi connectivity index (χ0) is 19.8. The average Bonchev–Trinajstić information content (AvgIpc) is 2.57. The number of piperidine rings is 1. The predicted molar refractivity (Wildman–Crippen MR) is 97.8 cm³/mol. The number of alkyl halides is 3. The van der Waals surface area contributed by atoms with Gasteiger partial charge < -0.3 is 15.3 Å². The summed E-state index contributed by atoms with van der Waals surface area (Å²) in [5.41, 5.74) is 0.577. The zero-order valence-corrected chi connectivity index (χ0v) is 15.6. The largest absolute Gasteiger partial charge is 0.507 e. The van der Waals surface area contributed by atoms with Crippen molar-refractivity contribution in [1.29, 1.82) is 0 Å². The van der Waals surface area contributed by atoms with Crippen LogP contribution in [-0.4, -0.2) is 46.4 Å². The molecule has 1 aromatic heterocycles. The summed E-state index contributed by atoms with van der Waals surface area (Å²) in [7, 11) is 2.07. The molecule has 0 saturated carbocycles. The summed E-state index contributed by atoms with van der Waals surface area (Å²) in [4.78, 5) is 2.25. The normalized spacial score (nSPS) is 18.5. The first-order chi connectivity index (χ1) is 12.6. The van der Waals surface area contributed by atoms with Gasteiger partial charge in [-0.1, -0.05) is 0 Å². The molecule has 0 bridgehead atoms. The summed E-state index contributed by atoms with van der Waals surface area (Å²) in [5, 5.41) is 21.8. The van der Waals surface area contributed by atoms with Gasteiger partial charge >= 0.3 is 6.18 Å². The molecule has 146 valence electrons. The Hall–Kier alpha value is -2.35. The minimum absolute atomic E-state index is 0.0298. The highest BCUT2D eigenvalue weighted by Gasteiger charge is 2.33. The topological polar surface area (TPSA) is 61.3 Å². The Balaban J connectivity index is 1.86. The fourth-order valence-corrected chi connectivity index (χ4v) is 3.44. The Bertz CT molecular complexity index is 838. The number of halogens is 3. The number of aryl methyl sites for hydroxylation is 2. The van der Waals surface area contributed by atoms with Crippen LogP contribution in [0.15, 0.2) is 18.2 Å². The lowest BCUT2D eigenvalue weighted by Crippen LogP contribution is -2.40. The number of likely N-dealkylation sites (tertiary alicyclic amines) is 1. The fourth-order valence-electron chi connectivity index (χ4n) is 3.44. The van der Waals surface area contributed by atoms with Crippen molar-refractivity contribution in [3.63, 3.8) is 0 Å². The van der Waals surface area contributed by atoms with Crippen LogP contribution in [0, 0.1) is 13.8 Å². The van der Waals surface area contributed by atoms with Crippen molar-refractivity contribution in [2.75, 3.05) is 25.5 Å². The van der Waals surface area contributed by atoms with Crippen LogP contribution < -0.4 is 5.32 Å². The SMILES string of the molecule is Cc1cc(-c2cc(C)c(N[C@@H]3CCCN(C)C3)nn2)c(O)cc1C(F)(F)F. The highest BCUT2D eigenvalue weighted by Crippen LogP contribution is 2.38. The Morgan fingerprint density at radius 3 is 2.52 bits per heavy atom. The number of hydrogen-bond acceptors (Lipinski definition) is 5. The average molecular weight is 380 g/mol. The lowest BCUT2D eigenvalue weighted by molar-refractivity contribution is -0.138. The molecule has 0 amide bonds. The molecule has 0 aliphatic carbocycles. The van der Waals surface area contributed by atoms with E-state index >= 15 is 0 Å². The van der Waals surface area contributed by atoms with E-state index in [2.05, 4.69) is 27.5 Å². The van der Waals surface area contributed by atoms with Gasteiger partial charge in [-0.05, 0) is 69.6 Å². The van der Waals surface area contributed by atoms with Crippen molar-refractivity contribution in [2.45, 2.75) is 38.9 Å². The van der Waals surface area contributed by atoms with E-state index in [-0.39, 0.29) is 17.2 Å². The Labute approximate surface area is 156 Å². The van der Waals surface area contributed by atoms with Crippen LogP contribution in [0.25, 0.3) is 11.3 Å². The summed E-state index contributed by atoms with van der Waals surface area (Å²) in [6, 6.07) is 4.05. The maximum atomic E-state index is 13.0. The molecule has 0 spiro atoms. The van der Waals surface area contributed by atoms with Gasteiger partial charge in [-0.3, -0.25) is 0 Å². The second kappa shape index (κ2) is 7.34. The molecule has 0 radical (unpaired) electrons. The molecule has 3 rings (SSSR count). The lowest BCUT2D eigenvalue weighted by atomic mass is 10.0. The summed E-state index contributed by atoms with van der Waals surface area (Å²) in [6.07, 6.45) is -2.36. The van der Waals surface area contributed by atoms with Crippen molar-refractivity contribution in [2.24, 2.45) is 0 Å². The van der Waals surface area contributed by atoms with Crippen molar-refractivity contribution in [1.82, 2.24) is 15.1 Å². The van der Waals surface area contributed by atoms with Gasteiger partial charge in [0.15, 0.2) is 5.82 Å². The maximum Gasteiger partial charge on any atom is 0.416 e. The van der Waals surface area contributed by atoms with Crippen LogP contribution >= 0.6 is 0 Å². The van der Waals surface area contributed by atoms with Gasteiger partial charge in [0.1, 0.15) is 5.75 Å². The smallest absolute Gasteiger partial charge is 0.416 e. The molecule has 1 fully saturated rings. The number of likely N-dealkylation sites (N-methyl/N-ethyl adjacent to an activating group) is 1. The number of phenols is 1. The number of aromatic hydroxyl groups is 1. The summed E-state index contributed by atoms with van der Waals surface area (Å²) >= 11 is 0. The van der Waals surface area contributed by atoms with Crippen LogP contribution in [-0.2, 0) is 6.18 Å². The fraction of sp³-hybridized carbons (Fsp3) is 0.474. The van der Waals surface area contributed by atoms with E-state index in [1.54, 1.807) is 6.07 Å². The third-order valence-electron chi connectivity index (χ3n) is 4.87. The van der Waals surface area contributed by atoms with E-state index in [0.717, 1.165) is 37.6 Å². The summed E-state index contributed by atoms with van der Waals surface area (Å²) in [5.74, 6) is 0.193. The predicted octanol–water partition coefficient (Wildman–Crippen LogP) is 3.99. The van der Waals surface area contributed by atoms with Gasteiger partial charge in [-0.25, -0.2) is 0 Å². The van der Waals surface area contributed by atoms with Crippen molar-refractivity contribution in [3.05, 3.63) is 34.9 Å². The maximum absolute atomic E-state index is 13.0. The number of nitrogens with zero attached hydrogens (tertiary/aromatic N) is 3. The van der Waals surface area contributed by atoms with E-state index < -0.39 is 17.5 Å². The molecular formula is C19H23F3N4O. The van der Waals surface area contributed by atoms with Gasteiger partial charge in [0.05, 0.1) is 11.3 Å². The standard InChI is InChI=1S/C19H23F3N4O/c1-11-7-14(17(27)9-15(11)19(20,21)22)16-8-12(2)18(25-24-16)23-13-5-4-6-26(3)10-13/h7-9,13,27H,4-6,10H2,1-3H3,(H,23,25)/t13-/m1/s1. The second-order valence-electron chi connectivity index (χ2n) is 7.19. The van der Waals surface area contributed by atoms with Gasteiger partial charge in [0.2, 0.25) is 0 Å². The molecule has 8 heteroatoms. The molecule has 0 unspecified atom stereocenters. The van der Waals surface area contributed by atoms with Crippen LogP contribution in [0.1, 0.15) is 29.5 Å². The van der Waals surface area contributed by atoms with E-state index in [1.807, 2.05) is 6.92 Å². The number of aromatic nitrogens is 2. The van der Waals surface area contributed by atoms with Crippen LogP contribution in [0.5, 0.6) is 5.75 Å². The van der Waals surface area contributed by atoms with Gasteiger partial charge in [-0.15, -0.1) is 10.2 Å². The molecular weight excluding hydrogens is 357 g/mol. The van der Waals surface area contributed by atoms with E-state index in [1.165, 1.54) is 13.0 Å². The van der Waals surface area contributed by atoms with E-state index in [9.17, 15) is 18.3 Å².